The zero-order valence-electron chi connectivity index (χ0n) is 21.7. The van der Waals surface area contributed by atoms with Crippen LogP contribution in [0.1, 0.15) is 27.3 Å². The molecule has 0 atom stereocenters. The third-order valence-corrected chi connectivity index (χ3v) is 6.71. The molecule has 2 aromatic heterocycles. The lowest BCUT2D eigenvalue weighted by molar-refractivity contribution is 0.0770. The molecule has 9 heteroatoms. The summed E-state index contributed by atoms with van der Waals surface area (Å²) in [6.45, 7) is 6.81. The van der Waals surface area contributed by atoms with Gasteiger partial charge in [-0.1, -0.05) is 12.1 Å². The number of fused-ring (bicyclic) bond motifs is 2. The minimum atomic E-state index is -0.283. The van der Waals surface area contributed by atoms with Gasteiger partial charge in [-0.25, -0.2) is 14.1 Å². The van der Waals surface area contributed by atoms with Gasteiger partial charge in [0.25, 0.3) is 5.91 Å². The Labute approximate surface area is 221 Å². The molecule has 8 nitrogen and oxygen atoms in total. The number of ether oxygens (including phenoxy) is 2. The summed E-state index contributed by atoms with van der Waals surface area (Å²) in [4.78, 5) is 21.6. The monoisotopic (exact) mass is 515 g/mol. The van der Waals surface area contributed by atoms with Gasteiger partial charge in [0.1, 0.15) is 18.0 Å². The largest absolute Gasteiger partial charge is 0.488 e. The number of benzene rings is 2. The number of para-hydroxylation sites is 2. The van der Waals surface area contributed by atoms with E-state index in [0.717, 1.165) is 22.6 Å². The number of likely N-dealkylation sites (N-methyl/N-ethyl adjacent to an activating group) is 1. The maximum absolute atomic E-state index is 13.5. The first-order valence-corrected chi connectivity index (χ1v) is 12.5. The molecule has 3 heterocycles. The van der Waals surface area contributed by atoms with Gasteiger partial charge >= 0.3 is 0 Å². The fraction of sp³-hybridized carbons (Fsp3) is 0.276. The molecule has 4 aromatic rings. The summed E-state index contributed by atoms with van der Waals surface area (Å²) in [5, 5.41) is 4.72. The maximum Gasteiger partial charge on any atom is 0.259 e. The van der Waals surface area contributed by atoms with Crippen molar-refractivity contribution in [1.29, 1.82) is 0 Å². The van der Waals surface area contributed by atoms with Crippen molar-refractivity contribution in [3.63, 3.8) is 0 Å². The van der Waals surface area contributed by atoms with Crippen molar-refractivity contribution in [2.24, 2.45) is 0 Å². The fourth-order valence-electron chi connectivity index (χ4n) is 4.51. The number of carbonyl (C=O) groups excluding carboxylic acids is 1. The van der Waals surface area contributed by atoms with Crippen molar-refractivity contribution >= 4 is 5.91 Å². The van der Waals surface area contributed by atoms with Gasteiger partial charge in [0.05, 0.1) is 11.4 Å². The molecule has 0 spiro atoms. The molecular weight excluding hydrogens is 485 g/mol. The first-order chi connectivity index (χ1) is 18.4. The zero-order chi connectivity index (χ0) is 26.6. The highest BCUT2D eigenvalue weighted by atomic mass is 19.1. The average molecular weight is 516 g/mol. The highest BCUT2D eigenvalue weighted by Crippen LogP contribution is 2.32. The van der Waals surface area contributed by atoms with Gasteiger partial charge in [0, 0.05) is 50.7 Å². The number of pyridine rings is 1. The standard InChI is InChI=1S/C29H30FN5O3/c1-20-25(21(2)35(32-20)23-12-10-22(30)11-13-23)19-34-16-15-33(3)29(36)24-7-6-14-31-28(24)38-27-9-5-4-8-26(27)37-18-17-34/h4-14H,15-19H2,1-3H3. The predicted molar refractivity (Wildman–Crippen MR) is 141 cm³/mol. The van der Waals surface area contributed by atoms with Gasteiger partial charge in [0.15, 0.2) is 11.5 Å². The van der Waals surface area contributed by atoms with Crippen LogP contribution in [0.15, 0.2) is 66.9 Å². The lowest BCUT2D eigenvalue weighted by Crippen LogP contribution is -2.38. The summed E-state index contributed by atoms with van der Waals surface area (Å²) < 4.78 is 27.5. The zero-order valence-corrected chi connectivity index (χ0v) is 21.7. The van der Waals surface area contributed by atoms with Crippen LogP contribution in [-0.2, 0) is 6.54 Å². The average Bonchev–Trinajstić information content (AvgIpc) is 3.20. The Kier molecular flexibility index (Phi) is 7.37. The number of rotatable bonds is 3. The number of hydrogen-bond donors (Lipinski definition) is 0. The highest BCUT2D eigenvalue weighted by molar-refractivity contribution is 5.96. The molecular formula is C29H30FN5O3. The van der Waals surface area contributed by atoms with Gasteiger partial charge in [-0.15, -0.1) is 0 Å². The lowest BCUT2D eigenvalue weighted by Gasteiger charge is -2.26. The van der Waals surface area contributed by atoms with Crippen LogP contribution in [0.2, 0.25) is 0 Å². The summed E-state index contributed by atoms with van der Waals surface area (Å²) in [7, 11) is 1.78. The summed E-state index contributed by atoms with van der Waals surface area (Å²) in [5.41, 5.74) is 4.18. The number of carbonyl (C=O) groups is 1. The van der Waals surface area contributed by atoms with Crippen LogP contribution in [0, 0.1) is 19.7 Å². The van der Waals surface area contributed by atoms with Crippen LogP contribution >= 0.6 is 0 Å². The second kappa shape index (κ2) is 11.0. The van der Waals surface area contributed by atoms with E-state index in [4.69, 9.17) is 14.6 Å². The van der Waals surface area contributed by atoms with E-state index in [2.05, 4.69) is 9.88 Å². The van der Waals surface area contributed by atoms with Crippen molar-refractivity contribution in [1.82, 2.24) is 24.6 Å². The van der Waals surface area contributed by atoms with Crippen LogP contribution in [-0.4, -0.2) is 63.8 Å². The van der Waals surface area contributed by atoms with Crippen molar-refractivity contribution in [3.8, 4) is 23.1 Å². The number of hydrogen-bond acceptors (Lipinski definition) is 6. The normalized spacial score (nSPS) is 14.8. The molecule has 0 aliphatic carbocycles. The van der Waals surface area contributed by atoms with E-state index in [-0.39, 0.29) is 17.6 Å². The third kappa shape index (κ3) is 5.38. The first-order valence-electron chi connectivity index (χ1n) is 12.5. The van der Waals surface area contributed by atoms with Crippen LogP contribution in [0.3, 0.4) is 0 Å². The Morgan fingerprint density at radius 1 is 0.947 bits per heavy atom. The molecule has 196 valence electrons. The molecule has 0 saturated carbocycles. The summed E-state index contributed by atoms with van der Waals surface area (Å²) in [6.07, 6.45) is 1.60. The van der Waals surface area contributed by atoms with Crippen LogP contribution < -0.4 is 9.47 Å². The molecule has 5 rings (SSSR count). The number of aryl methyl sites for hydroxylation is 1. The fourth-order valence-corrected chi connectivity index (χ4v) is 4.51. The van der Waals surface area contributed by atoms with Crippen LogP contribution in [0.5, 0.6) is 17.4 Å². The number of aromatic nitrogens is 3. The molecule has 0 saturated heterocycles. The Hall–Kier alpha value is -4.24. The van der Waals surface area contributed by atoms with Gasteiger partial charge < -0.3 is 14.4 Å². The van der Waals surface area contributed by atoms with E-state index in [1.54, 1.807) is 48.5 Å². The summed E-state index contributed by atoms with van der Waals surface area (Å²) >= 11 is 0. The molecule has 2 aromatic carbocycles. The predicted octanol–water partition coefficient (Wildman–Crippen LogP) is 4.78. The molecule has 38 heavy (non-hydrogen) atoms. The van der Waals surface area contributed by atoms with Crippen molar-refractivity contribution in [3.05, 3.63) is 95.2 Å². The van der Waals surface area contributed by atoms with Gasteiger partial charge in [-0.3, -0.25) is 9.69 Å². The Morgan fingerprint density at radius 3 is 2.50 bits per heavy atom. The van der Waals surface area contributed by atoms with E-state index < -0.39 is 0 Å². The second-order valence-corrected chi connectivity index (χ2v) is 9.29. The van der Waals surface area contributed by atoms with Crippen molar-refractivity contribution in [2.75, 3.05) is 33.3 Å². The topological polar surface area (TPSA) is 72.7 Å². The Morgan fingerprint density at radius 2 is 1.71 bits per heavy atom. The van der Waals surface area contributed by atoms with Gasteiger partial charge in [-0.05, 0) is 62.4 Å². The third-order valence-electron chi connectivity index (χ3n) is 6.71. The molecule has 0 N–H and O–H groups in total. The van der Waals surface area contributed by atoms with E-state index in [9.17, 15) is 9.18 Å². The van der Waals surface area contributed by atoms with Crippen LogP contribution in [0.25, 0.3) is 5.69 Å². The number of amides is 1. The molecule has 0 fully saturated rings. The molecule has 1 aliphatic rings. The van der Waals surface area contributed by atoms with E-state index in [0.29, 0.717) is 49.8 Å². The molecule has 0 bridgehead atoms. The Balaban J connectivity index is 1.42. The highest BCUT2D eigenvalue weighted by Gasteiger charge is 2.22. The summed E-state index contributed by atoms with van der Waals surface area (Å²) in [6, 6.07) is 17.1. The number of halogens is 1. The van der Waals surface area contributed by atoms with E-state index in [1.165, 1.54) is 12.1 Å². The number of nitrogens with zero attached hydrogens (tertiary/aromatic N) is 5. The molecule has 0 unspecified atom stereocenters. The minimum absolute atomic E-state index is 0.165. The smallest absolute Gasteiger partial charge is 0.259 e. The maximum atomic E-state index is 13.5. The van der Waals surface area contributed by atoms with Gasteiger partial charge in [-0.2, -0.15) is 5.10 Å². The van der Waals surface area contributed by atoms with Crippen molar-refractivity contribution in [2.45, 2.75) is 20.4 Å². The molecule has 1 aliphatic heterocycles. The second-order valence-electron chi connectivity index (χ2n) is 9.29. The van der Waals surface area contributed by atoms with Gasteiger partial charge in [0.2, 0.25) is 5.88 Å². The SMILES string of the molecule is Cc1nn(-c2ccc(F)cc2)c(C)c1CN1CCOc2ccccc2Oc2ncccc2C(=O)N(C)CC1. The summed E-state index contributed by atoms with van der Waals surface area (Å²) in [5.74, 6) is 0.884. The van der Waals surface area contributed by atoms with E-state index in [1.807, 2.05) is 36.7 Å². The quantitative estimate of drug-likeness (QED) is 0.391. The molecule has 1 amide bonds. The molecule has 0 radical (unpaired) electrons. The first kappa shape index (κ1) is 25.4. The van der Waals surface area contributed by atoms with Crippen molar-refractivity contribution < 1.29 is 18.7 Å². The van der Waals surface area contributed by atoms with E-state index >= 15 is 0 Å². The van der Waals surface area contributed by atoms with Crippen LogP contribution in [0.4, 0.5) is 4.39 Å². The minimum Gasteiger partial charge on any atom is -0.488 e. The Bertz CT molecular complexity index is 1440. The lowest BCUT2D eigenvalue weighted by atomic mass is 10.1.